The van der Waals surface area contributed by atoms with Gasteiger partial charge in [0.15, 0.2) is 0 Å². The van der Waals surface area contributed by atoms with E-state index in [0.717, 1.165) is 19.1 Å². The number of rotatable bonds is 4. The summed E-state index contributed by atoms with van der Waals surface area (Å²) in [5.74, 6) is 0.548. The molecule has 116 valence electrons. The number of likely N-dealkylation sites (tertiary alicyclic amines) is 1. The minimum Gasteiger partial charge on any atom is -0.350 e. The van der Waals surface area contributed by atoms with E-state index >= 15 is 0 Å². The summed E-state index contributed by atoms with van der Waals surface area (Å²) in [6, 6.07) is 2.56. The Balaban J connectivity index is 1.43. The highest BCUT2D eigenvalue weighted by molar-refractivity contribution is 5.92. The summed E-state index contributed by atoms with van der Waals surface area (Å²) in [6.45, 7) is 3.13. The molecule has 2 aliphatic rings. The summed E-state index contributed by atoms with van der Waals surface area (Å²) in [6.07, 6.45) is 9.94. The largest absolute Gasteiger partial charge is 0.350 e. The van der Waals surface area contributed by atoms with Gasteiger partial charge in [0.2, 0.25) is 0 Å². The first kappa shape index (κ1) is 14.6. The van der Waals surface area contributed by atoms with Crippen LogP contribution in [0.1, 0.15) is 49.0 Å². The molecule has 21 heavy (non-hydrogen) atoms. The predicted molar refractivity (Wildman–Crippen MR) is 82.1 cm³/mol. The number of nitrogens with zero attached hydrogens (tertiary/aromatic N) is 3. The van der Waals surface area contributed by atoms with Gasteiger partial charge in [-0.05, 0) is 37.8 Å². The highest BCUT2D eigenvalue weighted by atomic mass is 16.1. The number of hydrogen-bond acceptors (Lipinski definition) is 3. The molecule has 1 unspecified atom stereocenters. The summed E-state index contributed by atoms with van der Waals surface area (Å²) in [5, 5.41) is 7.17. The third-order valence-corrected chi connectivity index (χ3v) is 4.91. The van der Waals surface area contributed by atoms with Gasteiger partial charge in [-0.25, -0.2) is 0 Å². The molecule has 1 aliphatic heterocycles. The van der Waals surface area contributed by atoms with Crippen molar-refractivity contribution in [1.29, 1.82) is 0 Å². The van der Waals surface area contributed by atoms with E-state index in [4.69, 9.17) is 0 Å². The fourth-order valence-corrected chi connectivity index (χ4v) is 3.67. The fourth-order valence-electron chi connectivity index (χ4n) is 3.67. The Labute approximate surface area is 126 Å². The minimum absolute atomic E-state index is 0.0493. The summed E-state index contributed by atoms with van der Waals surface area (Å²) in [5.41, 5.74) is 0.514. The van der Waals surface area contributed by atoms with Gasteiger partial charge in [0.1, 0.15) is 5.69 Å². The lowest BCUT2D eigenvalue weighted by Crippen LogP contribution is -2.36. The number of aryl methyl sites for hydroxylation is 1. The van der Waals surface area contributed by atoms with Crippen LogP contribution in [0.4, 0.5) is 0 Å². The van der Waals surface area contributed by atoms with Gasteiger partial charge in [0, 0.05) is 32.4 Å². The summed E-state index contributed by atoms with van der Waals surface area (Å²) < 4.78 is 1.66. The van der Waals surface area contributed by atoms with Crippen LogP contribution in [-0.2, 0) is 7.05 Å². The molecule has 2 heterocycles. The molecule has 5 heteroatoms. The normalized spacial score (nSPS) is 24.3. The van der Waals surface area contributed by atoms with Crippen LogP contribution in [-0.4, -0.2) is 46.3 Å². The second-order valence-electron chi connectivity index (χ2n) is 6.53. The minimum atomic E-state index is -0.0493. The van der Waals surface area contributed by atoms with Crippen molar-refractivity contribution in [3.63, 3.8) is 0 Å². The monoisotopic (exact) mass is 290 g/mol. The molecule has 1 amide bonds. The lowest BCUT2D eigenvalue weighted by molar-refractivity contribution is 0.0940. The van der Waals surface area contributed by atoms with Gasteiger partial charge in [-0.15, -0.1) is 0 Å². The first-order valence-corrected chi connectivity index (χ1v) is 8.24. The first-order chi connectivity index (χ1) is 10.2. The number of carbonyl (C=O) groups is 1. The van der Waals surface area contributed by atoms with Gasteiger partial charge in [0.05, 0.1) is 0 Å². The average Bonchev–Trinajstić information content (AvgIpc) is 3.15. The zero-order chi connectivity index (χ0) is 14.7. The van der Waals surface area contributed by atoms with E-state index < -0.39 is 0 Å². The van der Waals surface area contributed by atoms with Crippen molar-refractivity contribution in [2.45, 2.75) is 44.6 Å². The third kappa shape index (κ3) is 3.64. The molecule has 1 aromatic rings. The van der Waals surface area contributed by atoms with Gasteiger partial charge in [-0.3, -0.25) is 9.48 Å². The highest BCUT2D eigenvalue weighted by Gasteiger charge is 2.29. The molecule has 1 saturated heterocycles. The van der Waals surface area contributed by atoms with Crippen molar-refractivity contribution in [2.75, 3.05) is 19.6 Å². The summed E-state index contributed by atoms with van der Waals surface area (Å²) in [7, 11) is 1.83. The topological polar surface area (TPSA) is 50.2 Å². The molecule has 0 bridgehead atoms. The highest BCUT2D eigenvalue weighted by Crippen LogP contribution is 2.27. The Hall–Kier alpha value is -1.36. The molecule has 0 spiro atoms. The predicted octanol–water partition coefficient (Wildman–Crippen LogP) is 1.80. The quantitative estimate of drug-likeness (QED) is 0.920. The molecule has 0 radical (unpaired) electrons. The van der Waals surface area contributed by atoms with Gasteiger partial charge in [0.25, 0.3) is 5.91 Å². The summed E-state index contributed by atoms with van der Waals surface area (Å²) in [4.78, 5) is 14.6. The zero-order valence-electron chi connectivity index (χ0n) is 12.9. The van der Waals surface area contributed by atoms with Crippen molar-refractivity contribution in [1.82, 2.24) is 20.0 Å². The van der Waals surface area contributed by atoms with E-state index in [1.54, 1.807) is 16.9 Å². The molecule has 1 N–H and O–H groups in total. The Morgan fingerprint density at radius 3 is 2.86 bits per heavy atom. The van der Waals surface area contributed by atoms with Gasteiger partial charge < -0.3 is 10.2 Å². The first-order valence-electron chi connectivity index (χ1n) is 8.24. The zero-order valence-corrected chi connectivity index (χ0v) is 12.9. The number of carbonyl (C=O) groups excluding carboxylic acids is 1. The van der Waals surface area contributed by atoms with Gasteiger partial charge >= 0.3 is 0 Å². The molecule has 1 aliphatic carbocycles. The van der Waals surface area contributed by atoms with E-state index in [2.05, 4.69) is 15.3 Å². The Morgan fingerprint density at radius 1 is 1.33 bits per heavy atom. The van der Waals surface area contributed by atoms with Crippen molar-refractivity contribution in [3.05, 3.63) is 18.0 Å². The van der Waals surface area contributed by atoms with Crippen molar-refractivity contribution < 1.29 is 4.79 Å². The Bertz CT molecular complexity index is 478. The molecule has 1 aromatic heterocycles. The van der Waals surface area contributed by atoms with E-state index in [1.165, 1.54) is 45.1 Å². The molecule has 5 nitrogen and oxygen atoms in total. The Morgan fingerprint density at radius 2 is 2.14 bits per heavy atom. The molecular weight excluding hydrogens is 264 g/mol. The van der Waals surface area contributed by atoms with Crippen LogP contribution in [0.3, 0.4) is 0 Å². The van der Waals surface area contributed by atoms with E-state index in [9.17, 15) is 4.79 Å². The maximum absolute atomic E-state index is 12.0. The van der Waals surface area contributed by atoms with Crippen LogP contribution in [0, 0.1) is 5.92 Å². The smallest absolute Gasteiger partial charge is 0.271 e. The Kier molecular flexibility index (Phi) is 4.58. The lowest BCUT2D eigenvalue weighted by Gasteiger charge is -2.31. The summed E-state index contributed by atoms with van der Waals surface area (Å²) >= 11 is 0. The molecule has 1 saturated carbocycles. The van der Waals surface area contributed by atoms with E-state index in [1.807, 2.05) is 7.05 Å². The average molecular weight is 290 g/mol. The van der Waals surface area contributed by atoms with E-state index in [-0.39, 0.29) is 5.91 Å². The standard InChI is InChI=1S/C16H26N4O/c1-19-9-8-15(18-19)16(21)17-11-13-7-10-20(12-13)14-5-3-2-4-6-14/h8-9,13-14H,2-7,10-12H2,1H3,(H,17,21). The lowest BCUT2D eigenvalue weighted by atomic mass is 9.94. The number of hydrogen-bond donors (Lipinski definition) is 1. The van der Waals surface area contributed by atoms with Gasteiger partial charge in [-0.1, -0.05) is 19.3 Å². The number of aromatic nitrogens is 2. The second kappa shape index (κ2) is 6.60. The SMILES string of the molecule is Cn1ccc(C(=O)NCC2CCN(C3CCCCC3)C2)n1. The third-order valence-electron chi connectivity index (χ3n) is 4.91. The van der Waals surface area contributed by atoms with Crippen LogP contribution in [0.15, 0.2) is 12.3 Å². The van der Waals surface area contributed by atoms with Crippen molar-refractivity contribution in [3.8, 4) is 0 Å². The van der Waals surface area contributed by atoms with Crippen LogP contribution in [0.5, 0.6) is 0 Å². The van der Waals surface area contributed by atoms with Crippen molar-refractivity contribution >= 4 is 5.91 Å². The van der Waals surface area contributed by atoms with Crippen LogP contribution < -0.4 is 5.32 Å². The van der Waals surface area contributed by atoms with E-state index in [0.29, 0.717) is 11.6 Å². The molecule has 3 rings (SSSR count). The van der Waals surface area contributed by atoms with Crippen LogP contribution in [0.2, 0.25) is 0 Å². The van der Waals surface area contributed by atoms with Gasteiger partial charge in [-0.2, -0.15) is 5.10 Å². The van der Waals surface area contributed by atoms with Crippen molar-refractivity contribution in [2.24, 2.45) is 13.0 Å². The van der Waals surface area contributed by atoms with Crippen LogP contribution in [0.25, 0.3) is 0 Å². The maximum atomic E-state index is 12.0. The molecule has 1 atom stereocenters. The fraction of sp³-hybridized carbons (Fsp3) is 0.750. The molecule has 2 fully saturated rings. The second-order valence-corrected chi connectivity index (χ2v) is 6.53. The molecule has 0 aromatic carbocycles. The number of nitrogens with one attached hydrogen (secondary N) is 1. The molecular formula is C16H26N4O. The number of amides is 1. The maximum Gasteiger partial charge on any atom is 0.271 e. The van der Waals surface area contributed by atoms with Crippen LogP contribution >= 0.6 is 0 Å².